The van der Waals surface area contributed by atoms with Crippen molar-refractivity contribution in [1.82, 2.24) is 5.32 Å². The van der Waals surface area contributed by atoms with E-state index in [0.717, 1.165) is 23.1 Å². The molecule has 1 aromatic carbocycles. The van der Waals surface area contributed by atoms with E-state index in [-0.39, 0.29) is 11.6 Å². The van der Waals surface area contributed by atoms with Crippen LogP contribution in [0.1, 0.15) is 33.6 Å². The first-order chi connectivity index (χ1) is 9.86. The van der Waals surface area contributed by atoms with Gasteiger partial charge < -0.3 is 5.32 Å². The van der Waals surface area contributed by atoms with Crippen LogP contribution in [0.2, 0.25) is 0 Å². The summed E-state index contributed by atoms with van der Waals surface area (Å²) in [7, 11) is 0. The van der Waals surface area contributed by atoms with Crippen LogP contribution in [0, 0.1) is 11.6 Å². The first kappa shape index (κ1) is 15.4. The van der Waals surface area contributed by atoms with Crippen molar-refractivity contribution in [3.8, 4) is 0 Å². The molecule has 1 saturated heterocycles. The minimum absolute atomic E-state index is 0.200. The Kier molecular flexibility index (Phi) is 3.98. The van der Waals surface area contributed by atoms with Crippen LogP contribution in [0.25, 0.3) is 0 Å². The summed E-state index contributed by atoms with van der Waals surface area (Å²) >= 11 is 0. The van der Waals surface area contributed by atoms with Gasteiger partial charge in [0.2, 0.25) is 5.91 Å². The third kappa shape index (κ3) is 2.39. The quantitative estimate of drug-likeness (QED) is 0.931. The van der Waals surface area contributed by atoms with Crippen LogP contribution < -0.4 is 10.2 Å². The second-order valence-corrected chi connectivity index (χ2v) is 5.23. The highest BCUT2D eigenvalue weighted by Gasteiger charge is 2.48. The van der Waals surface area contributed by atoms with E-state index in [4.69, 9.17) is 0 Å². The molecule has 1 N–H and O–H groups in total. The van der Waals surface area contributed by atoms with Crippen LogP contribution >= 0.6 is 0 Å². The number of halogens is 2. The van der Waals surface area contributed by atoms with Gasteiger partial charge in [-0.25, -0.2) is 8.78 Å². The standard InChI is InChI=1S/C15H18F2N2O2/c1-4-15(5-2)14(21)19(9(3)13(20)18-15)12-8-10(16)6-7-11(12)17/h6-9H,4-5H2,1-3H3,(H,18,20). The van der Waals surface area contributed by atoms with Crippen molar-refractivity contribution in [3.63, 3.8) is 0 Å². The number of anilines is 1. The van der Waals surface area contributed by atoms with Crippen LogP contribution in [0.3, 0.4) is 0 Å². The molecule has 2 rings (SSSR count). The lowest BCUT2D eigenvalue weighted by Crippen LogP contribution is -2.69. The zero-order valence-electron chi connectivity index (χ0n) is 12.2. The van der Waals surface area contributed by atoms with Crippen molar-refractivity contribution in [2.75, 3.05) is 4.90 Å². The monoisotopic (exact) mass is 296 g/mol. The van der Waals surface area contributed by atoms with Gasteiger partial charge in [-0.3, -0.25) is 14.5 Å². The maximum Gasteiger partial charge on any atom is 0.253 e. The summed E-state index contributed by atoms with van der Waals surface area (Å²) in [5.41, 5.74) is -1.27. The van der Waals surface area contributed by atoms with E-state index in [1.54, 1.807) is 13.8 Å². The number of benzene rings is 1. The summed E-state index contributed by atoms with van der Waals surface area (Å²) in [6.45, 7) is 5.04. The first-order valence-electron chi connectivity index (χ1n) is 6.97. The molecule has 0 aromatic heterocycles. The first-order valence-corrected chi connectivity index (χ1v) is 6.97. The van der Waals surface area contributed by atoms with Gasteiger partial charge in [0.05, 0.1) is 5.69 Å². The molecule has 1 aromatic rings. The van der Waals surface area contributed by atoms with Gasteiger partial charge in [0, 0.05) is 6.07 Å². The molecule has 1 heterocycles. The lowest BCUT2D eigenvalue weighted by Gasteiger charge is -2.44. The molecular formula is C15H18F2N2O2. The molecule has 2 amide bonds. The molecule has 114 valence electrons. The molecule has 0 aliphatic carbocycles. The molecular weight excluding hydrogens is 278 g/mol. The van der Waals surface area contributed by atoms with Crippen molar-refractivity contribution in [3.05, 3.63) is 29.8 Å². The number of carbonyl (C=O) groups excluding carboxylic acids is 2. The predicted octanol–water partition coefficient (Wildman–Crippen LogP) is 2.37. The minimum Gasteiger partial charge on any atom is -0.340 e. The second kappa shape index (κ2) is 5.42. The topological polar surface area (TPSA) is 49.4 Å². The summed E-state index contributed by atoms with van der Waals surface area (Å²) in [5.74, 6) is -2.17. The summed E-state index contributed by atoms with van der Waals surface area (Å²) in [6, 6.07) is 1.99. The fourth-order valence-electron chi connectivity index (χ4n) is 2.64. The smallest absolute Gasteiger partial charge is 0.253 e. The Bertz CT molecular complexity index is 585. The van der Waals surface area contributed by atoms with Crippen molar-refractivity contribution in [1.29, 1.82) is 0 Å². The summed E-state index contributed by atoms with van der Waals surface area (Å²) in [4.78, 5) is 25.9. The molecule has 0 radical (unpaired) electrons. The van der Waals surface area contributed by atoms with E-state index in [0.29, 0.717) is 12.8 Å². The van der Waals surface area contributed by atoms with Crippen molar-refractivity contribution in [2.24, 2.45) is 0 Å². The third-order valence-electron chi connectivity index (χ3n) is 4.13. The zero-order valence-corrected chi connectivity index (χ0v) is 12.2. The Hall–Kier alpha value is -1.98. The highest BCUT2D eigenvalue weighted by Crippen LogP contribution is 2.31. The SMILES string of the molecule is CCC1(CC)NC(=O)C(C)N(c2cc(F)ccc2F)C1=O. The van der Waals surface area contributed by atoms with Crippen molar-refractivity contribution >= 4 is 17.5 Å². The maximum absolute atomic E-state index is 14.0. The highest BCUT2D eigenvalue weighted by atomic mass is 19.1. The average Bonchev–Trinajstić information content (AvgIpc) is 2.47. The maximum atomic E-state index is 14.0. The number of nitrogens with one attached hydrogen (secondary N) is 1. The largest absolute Gasteiger partial charge is 0.340 e. The van der Waals surface area contributed by atoms with Gasteiger partial charge in [0.25, 0.3) is 5.91 Å². The van der Waals surface area contributed by atoms with Gasteiger partial charge in [-0.05, 0) is 31.9 Å². The lowest BCUT2D eigenvalue weighted by atomic mass is 9.87. The number of piperazine rings is 1. The molecule has 6 heteroatoms. The molecule has 4 nitrogen and oxygen atoms in total. The van der Waals surface area contributed by atoms with Gasteiger partial charge in [0.1, 0.15) is 23.2 Å². The van der Waals surface area contributed by atoms with Crippen molar-refractivity contribution < 1.29 is 18.4 Å². The van der Waals surface area contributed by atoms with E-state index < -0.39 is 29.1 Å². The van der Waals surface area contributed by atoms with E-state index in [1.165, 1.54) is 6.92 Å². The zero-order chi connectivity index (χ0) is 15.8. The Morgan fingerprint density at radius 2 is 1.86 bits per heavy atom. The number of hydrogen-bond acceptors (Lipinski definition) is 2. The van der Waals surface area contributed by atoms with Gasteiger partial charge in [-0.15, -0.1) is 0 Å². The van der Waals surface area contributed by atoms with Crippen molar-refractivity contribution in [2.45, 2.75) is 45.2 Å². The molecule has 1 atom stereocenters. The van der Waals surface area contributed by atoms with Crippen LogP contribution in [0.15, 0.2) is 18.2 Å². The molecule has 0 saturated carbocycles. The fraction of sp³-hybridized carbons (Fsp3) is 0.467. The number of hydrogen-bond donors (Lipinski definition) is 1. The van der Waals surface area contributed by atoms with Gasteiger partial charge in [-0.1, -0.05) is 13.8 Å². The molecule has 1 fully saturated rings. The number of rotatable bonds is 3. The van der Waals surface area contributed by atoms with E-state index in [2.05, 4.69) is 5.32 Å². The number of carbonyl (C=O) groups is 2. The lowest BCUT2D eigenvalue weighted by molar-refractivity contribution is -0.138. The van der Waals surface area contributed by atoms with Crippen LogP contribution in [-0.2, 0) is 9.59 Å². The number of nitrogens with zero attached hydrogens (tertiary/aromatic N) is 1. The Balaban J connectivity index is 2.56. The van der Waals surface area contributed by atoms with Crippen LogP contribution in [0.5, 0.6) is 0 Å². The second-order valence-electron chi connectivity index (χ2n) is 5.23. The third-order valence-corrected chi connectivity index (χ3v) is 4.13. The van der Waals surface area contributed by atoms with Crippen LogP contribution in [0.4, 0.5) is 14.5 Å². The number of amides is 2. The highest BCUT2D eigenvalue weighted by molar-refractivity contribution is 6.10. The molecule has 1 aliphatic heterocycles. The molecule has 21 heavy (non-hydrogen) atoms. The molecule has 0 bridgehead atoms. The Morgan fingerprint density at radius 3 is 2.43 bits per heavy atom. The normalized spacial score (nSPS) is 21.4. The van der Waals surface area contributed by atoms with Crippen LogP contribution in [-0.4, -0.2) is 23.4 Å². The van der Waals surface area contributed by atoms with E-state index in [9.17, 15) is 18.4 Å². The fourth-order valence-corrected chi connectivity index (χ4v) is 2.64. The van der Waals surface area contributed by atoms with Gasteiger partial charge in [-0.2, -0.15) is 0 Å². The molecule has 1 aliphatic rings. The Morgan fingerprint density at radius 1 is 1.24 bits per heavy atom. The molecule has 0 spiro atoms. The predicted molar refractivity (Wildman–Crippen MR) is 74.8 cm³/mol. The average molecular weight is 296 g/mol. The van der Waals surface area contributed by atoms with E-state index >= 15 is 0 Å². The molecule has 1 unspecified atom stereocenters. The van der Waals surface area contributed by atoms with E-state index in [1.807, 2.05) is 0 Å². The minimum atomic E-state index is -1.07. The van der Waals surface area contributed by atoms with Gasteiger partial charge >= 0.3 is 0 Å². The summed E-state index contributed by atoms with van der Waals surface area (Å²) in [5, 5.41) is 2.72. The summed E-state index contributed by atoms with van der Waals surface area (Å²) < 4.78 is 27.4. The summed E-state index contributed by atoms with van der Waals surface area (Å²) in [6.07, 6.45) is 0.766. The van der Waals surface area contributed by atoms with Gasteiger partial charge in [0.15, 0.2) is 0 Å². The Labute approximate surface area is 122 Å².